The van der Waals surface area contributed by atoms with Crippen LogP contribution in [0.2, 0.25) is 0 Å². The smallest absolute Gasteiger partial charge is 0.126 e. The van der Waals surface area contributed by atoms with Crippen LogP contribution >= 0.6 is 15.9 Å². The zero-order chi connectivity index (χ0) is 8.43. The van der Waals surface area contributed by atoms with E-state index in [4.69, 9.17) is 16.9 Å². The first-order chi connectivity index (χ1) is 5.13. The van der Waals surface area contributed by atoms with Gasteiger partial charge in [-0.05, 0) is 28.1 Å². The summed E-state index contributed by atoms with van der Waals surface area (Å²) in [7, 11) is 0. The highest BCUT2D eigenvalue weighted by atomic mass is 79.9. The van der Waals surface area contributed by atoms with Crippen molar-refractivity contribution in [1.29, 1.82) is 5.41 Å². The van der Waals surface area contributed by atoms with E-state index in [0.29, 0.717) is 11.3 Å². The third kappa shape index (κ3) is 1.51. The molecule has 1 rings (SSSR count). The summed E-state index contributed by atoms with van der Waals surface area (Å²) in [6.45, 7) is 0. The molecule has 58 valence electrons. The number of nitrogens with one attached hydrogen (secondary N) is 1. The highest BCUT2D eigenvalue weighted by molar-refractivity contribution is 9.10. The first kappa shape index (κ1) is 8.07. The van der Waals surface area contributed by atoms with Crippen molar-refractivity contribution in [3.05, 3.63) is 28.2 Å². The maximum Gasteiger partial charge on any atom is 0.126 e. The lowest BCUT2D eigenvalue weighted by molar-refractivity contribution is 1.41. The van der Waals surface area contributed by atoms with Crippen molar-refractivity contribution in [2.24, 2.45) is 5.73 Å². The van der Waals surface area contributed by atoms with Crippen molar-refractivity contribution in [3.63, 3.8) is 0 Å². The monoisotopic (exact) mass is 213 g/mol. The van der Waals surface area contributed by atoms with Gasteiger partial charge in [-0.3, -0.25) is 5.41 Å². The lowest BCUT2D eigenvalue weighted by atomic mass is 10.2. The maximum absolute atomic E-state index is 7.18. The molecule has 0 unspecified atom stereocenters. The van der Waals surface area contributed by atoms with Crippen molar-refractivity contribution in [2.75, 3.05) is 5.73 Å². The topological polar surface area (TPSA) is 75.9 Å². The molecule has 0 saturated heterocycles. The van der Waals surface area contributed by atoms with Crippen molar-refractivity contribution in [1.82, 2.24) is 0 Å². The molecular formula is C7H8BrN3. The Hall–Kier alpha value is -1.03. The van der Waals surface area contributed by atoms with Gasteiger partial charge in [0.2, 0.25) is 0 Å². The van der Waals surface area contributed by atoms with E-state index in [0.717, 1.165) is 4.47 Å². The molecule has 1 aromatic carbocycles. The van der Waals surface area contributed by atoms with Crippen LogP contribution in [0, 0.1) is 5.41 Å². The lowest BCUT2D eigenvalue weighted by Gasteiger charge is -2.04. The molecule has 0 radical (unpaired) electrons. The molecule has 5 N–H and O–H groups in total. The van der Waals surface area contributed by atoms with Crippen molar-refractivity contribution in [2.45, 2.75) is 0 Å². The van der Waals surface area contributed by atoms with Crippen LogP contribution in [-0.4, -0.2) is 5.84 Å². The van der Waals surface area contributed by atoms with E-state index in [1.54, 1.807) is 18.2 Å². The minimum atomic E-state index is -0.0185. The van der Waals surface area contributed by atoms with Gasteiger partial charge in [0, 0.05) is 10.2 Å². The molecule has 0 aliphatic rings. The van der Waals surface area contributed by atoms with Gasteiger partial charge in [-0.25, -0.2) is 0 Å². The number of halogens is 1. The SMILES string of the molecule is N=C(N)c1c(N)cccc1Br. The van der Waals surface area contributed by atoms with E-state index < -0.39 is 0 Å². The Labute approximate surface area is 73.0 Å². The predicted molar refractivity (Wildman–Crippen MR) is 49.6 cm³/mol. The molecular weight excluding hydrogens is 206 g/mol. The summed E-state index contributed by atoms with van der Waals surface area (Å²) >= 11 is 3.25. The normalized spacial score (nSPS) is 9.55. The molecule has 0 aliphatic heterocycles. The second kappa shape index (κ2) is 2.92. The number of nitrogens with two attached hydrogens (primary N) is 2. The van der Waals surface area contributed by atoms with E-state index in [2.05, 4.69) is 15.9 Å². The van der Waals surface area contributed by atoms with Crippen LogP contribution in [0.5, 0.6) is 0 Å². The molecule has 1 aromatic rings. The third-order valence-electron chi connectivity index (χ3n) is 1.32. The van der Waals surface area contributed by atoms with Crippen molar-refractivity contribution in [3.8, 4) is 0 Å². The quantitative estimate of drug-likeness (QED) is 0.374. The Morgan fingerprint density at radius 2 is 2.09 bits per heavy atom. The average Bonchev–Trinajstić information content (AvgIpc) is 1.85. The Balaban J connectivity index is 3.32. The van der Waals surface area contributed by atoms with E-state index in [1.807, 2.05) is 0 Å². The van der Waals surface area contributed by atoms with Gasteiger partial charge in [0.25, 0.3) is 0 Å². The highest BCUT2D eigenvalue weighted by Crippen LogP contribution is 2.21. The van der Waals surface area contributed by atoms with E-state index >= 15 is 0 Å². The van der Waals surface area contributed by atoms with Crippen LogP contribution in [0.4, 0.5) is 5.69 Å². The van der Waals surface area contributed by atoms with Crippen LogP contribution in [0.3, 0.4) is 0 Å². The summed E-state index contributed by atoms with van der Waals surface area (Å²) in [5, 5.41) is 7.18. The van der Waals surface area contributed by atoms with Crippen LogP contribution in [0.15, 0.2) is 22.7 Å². The van der Waals surface area contributed by atoms with Crippen LogP contribution in [0.25, 0.3) is 0 Å². The largest absolute Gasteiger partial charge is 0.398 e. The van der Waals surface area contributed by atoms with E-state index in [9.17, 15) is 0 Å². The fraction of sp³-hybridized carbons (Fsp3) is 0. The van der Waals surface area contributed by atoms with Gasteiger partial charge in [-0.15, -0.1) is 0 Å². The highest BCUT2D eigenvalue weighted by Gasteiger charge is 2.05. The van der Waals surface area contributed by atoms with Crippen molar-refractivity contribution >= 4 is 27.5 Å². The summed E-state index contributed by atoms with van der Waals surface area (Å²) in [6, 6.07) is 5.31. The zero-order valence-electron chi connectivity index (χ0n) is 5.76. The fourth-order valence-electron chi connectivity index (χ4n) is 0.825. The first-order valence-corrected chi connectivity index (χ1v) is 3.80. The van der Waals surface area contributed by atoms with Crippen molar-refractivity contribution < 1.29 is 0 Å². The van der Waals surface area contributed by atoms with Gasteiger partial charge in [-0.1, -0.05) is 6.07 Å². The van der Waals surface area contributed by atoms with Crippen LogP contribution in [-0.2, 0) is 0 Å². The first-order valence-electron chi connectivity index (χ1n) is 3.01. The molecule has 0 amide bonds. The minimum Gasteiger partial charge on any atom is -0.398 e. The Morgan fingerprint density at radius 3 is 2.45 bits per heavy atom. The molecule has 11 heavy (non-hydrogen) atoms. The van der Waals surface area contributed by atoms with Gasteiger partial charge < -0.3 is 11.5 Å². The average molecular weight is 214 g/mol. The summed E-state index contributed by atoms with van der Waals surface area (Å²) in [5.74, 6) is -0.0185. The van der Waals surface area contributed by atoms with Gasteiger partial charge in [0.05, 0.1) is 5.56 Å². The Kier molecular flexibility index (Phi) is 2.14. The molecule has 0 heterocycles. The molecule has 4 heteroatoms. The van der Waals surface area contributed by atoms with E-state index in [-0.39, 0.29) is 5.84 Å². The number of amidine groups is 1. The van der Waals surface area contributed by atoms with E-state index in [1.165, 1.54) is 0 Å². The van der Waals surface area contributed by atoms with Gasteiger partial charge >= 0.3 is 0 Å². The number of anilines is 1. The van der Waals surface area contributed by atoms with Gasteiger partial charge in [0.1, 0.15) is 5.84 Å². The molecule has 3 nitrogen and oxygen atoms in total. The summed E-state index contributed by atoms with van der Waals surface area (Å²) < 4.78 is 0.755. The number of rotatable bonds is 1. The molecule has 0 atom stereocenters. The molecule has 0 fully saturated rings. The predicted octanol–water partition coefficient (Wildman–Crippen LogP) is 1.32. The number of hydrogen-bond donors (Lipinski definition) is 3. The number of benzene rings is 1. The summed E-state index contributed by atoms with van der Waals surface area (Å²) in [5.41, 5.74) is 11.9. The van der Waals surface area contributed by atoms with Gasteiger partial charge in [0.15, 0.2) is 0 Å². The molecule has 0 aliphatic carbocycles. The van der Waals surface area contributed by atoms with Gasteiger partial charge in [-0.2, -0.15) is 0 Å². The minimum absolute atomic E-state index is 0.0185. The second-order valence-corrected chi connectivity index (χ2v) is 2.97. The Bertz CT molecular complexity index is 275. The third-order valence-corrected chi connectivity index (χ3v) is 1.98. The number of hydrogen-bond acceptors (Lipinski definition) is 2. The zero-order valence-corrected chi connectivity index (χ0v) is 7.35. The number of nitrogen functional groups attached to an aromatic ring is 2. The standard InChI is InChI=1S/C7H8BrN3/c8-4-2-1-3-5(9)6(4)7(10)11/h1-3H,9H2,(H3,10,11). The van der Waals surface area contributed by atoms with Crippen LogP contribution in [0.1, 0.15) is 5.56 Å². The molecule has 0 bridgehead atoms. The summed E-state index contributed by atoms with van der Waals surface area (Å²) in [4.78, 5) is 0. The molecule has 0 aromatic heterocycles. The van der Waals surface area contributed by atoms with Crippen LogP contribution < -0.4 is 11.5 Å². The summed E-state index contributed by atoms with van der Waals surface area (Å²) in [6.07, 6.45) is 0. The Morgan fingerprint density at radius 1 is 1.45 bits per heavy atom. The lowest BCUT2D eigenvalue weighted by Crippen LogP contribution is -2.14. The molecule has 0 spiro atoms. The molecule has 0 saturated carbocycles. The maximum atomic E-state index is 7.18. The fourth-order valence-corrected chi connectivity index (χ4v) is 1.42. The second-order valence-electron chi connectivity index (χ2n) is 2.12.